The first-order valence-electron chi connectivity index (χ1n) is 9.89. The second-order valence-corrected chi connectivity index (χ2v) is 8.90. The van der Waals surface area contributed by atoms with E-state index in [4.69, 9.17) is 5.73 Å². The van der Waals surface area contributed by atoms with Crippen molar-refractivity contribution in [2.75, 3.05) is 5.75 Å². The molecule has 0 saturated carbocycles. The van der Waals surface area contributed by atoms with Crippen molar-refractivity contribution in [1.29, 1.82) is 0 Å². The van der Waals surface area contributed by atoms with Crippen LogP contribution in [0.15, 0.2) is 60.7 Å². The van der Waals surface area contributed by atoms with Gasteiger partial charge in [-0.05, 0) is 17.5 Å². The summed E-state index contributed by atoms with van der Waals surface area (Å²) in [4.78, 5) is 0. The highest BCUT2D eigenvalue weighted by atomic mass is 32.2. The molecule has 4 nitrogen and oxygen atoms in total. The maximum absolute atomic E-state index is 12.7. The van der Waals surface area contributed by atoms with Crippen molar-refractivity contribution in [3.05, 3.63) is 71.8 Å². The Kier molecular flexibility index (Phi) is 8.98. The Bertz CT molecular complexity index is 748. The molecule has 0 spiro atoms. The first-order valence-corrected chi connectivity index (χ1v) is 11.5. The smallest absolute Gasteiger partial charge is 0.212 e. The second kappa shape index (κ2) is 11.2. The molecule has 0 aliphatic rings. The molecule has 2 rings (SSSR count). The second-order valence-electron chi connectivity index (χ2n) is 7.03. The molecule has 5 heteroatoms. The number of hydrogen-bond acceptors (Lipinski definition) is 3. The van der Waals surface area contributed by atoms with Gasteiger partial charge in [-0.15, -0.1) is 0 Å². The van der Waals surface area contributed by atoms with Crippen LogP contribution in [-0.4, -0.2) is 14.2 Å². The number of sulfonamides is 1. The van der Waals surface area contributed by atoms with E-state index in [-0.39, 0.29) is 5.75 Å². The van der Waals surface area contributed by atoms with Crippen LogP contribution in [0.25, 0.3) is 0 Å². The third-order valence-electron chi connectivity index (χ3n) is 4.78. The molecule has 0 aliphatic carbocycles. The zero-order valence-corrected chi connectivity index (χ0v) is 17.0. The van der Waals surface area contributed by atoms with Crippen LogP contribution in [-0.2, 0) is 10.0 Å². The van der Waals surface area contributed by atoms with E-state index in [2.05, 4.69) is 11.6 Å². The van der Waals surface area contributed by atoms with Gasteiger partial charge < -0.3 is 5.73 Å². The number of nitrogens with one attached hydrogen (secondary N) is 1. The van der Waals surface area contributed by atoms with Crippen molar-refractivity contribution >= 4 is 10.0 Å². The third-order valence-corrected chi connectivity index (χ3v) is 6.21. The fourth-order valence-corrected chi connectivity index (χ4v) is 4.57. The highest BCUT2D eigenvalue weighted by Crippen LogP contribution is 2.27. The summed E-state index contributed by atoms with van der Waals surface area (Å²) in [6, 6.07) is 18.3. The number of nitrogens with two attached hydrogens (primary N) is 1. The first kappa shape index (κ1) is 21.6. The molecule has 0 bridgehead atoms. The minimum absolute atomic E-state index is 0.143. The van der Waals surface area contributed by atoms with Crippen molar-refractivity contribution < 1.29 is 8.42 Å². The molecule has 2 atom stereocenters. The molecular formula is C22H32N2O2S. The summed E-state index contributed by atoms with van der Waals surface area (Å²) >= 11 is 0. The Morgan fingerprint density at radius 2 is 1.33 bits per heavy atom. The highest BCUT2D eigenvalue weighted by molar-refractivity contribution is 7.89. The zero-order chi connectivity index (χ0) is 19.5. The van der Waals surface area contributed by atoms with E-state index in [1.807, 2.05) is 60.7 Å². The van der Waals surface area contributed by atoms with Crippen LogP contribution in [0.4, 0.5) is 0 Å². The van der Waals surface area contributed by atoms with Crippen molar-refractivity contribution in [2.45, 2.75) is 57.5 Å². The molecule has 148 valence electrons. The van der Waals surface area contributed by atoms with Crippen molar-refractivity contribution in [2.24, 2.45) is 5.73 Å². The number of rotatable bonds is 12. The van der Waals surface area contributed by atoms with Crippen LogP contribution in [0.2, 0.25) is 0 Å². The average molecular weight is 389 g/mol. The van der Waals surface area contributed by atoms with E-state index >= 15 is 0 Å². The molecule has 0 radical (unpaired) electrons. The van der Waals surface area contributed by atoms with Crippen molar-refractivity contribution in [1.82, 2.24) is 4.72 Å². The zero-order valence-electron chi connectivity index (χ0n) is 16.2. The van der Waals surface area contributed by atoms with Gasteiger partial charge in [0, 0.05) is 0 Å². The Morgan fingerprint density at radius 3 is 1.93 bits per heavy atom. The third kappa shape index (κ3) is 7.45. The summed E-state index contributed by atoms with van der Waals surface area (Å²) in [5.41, 5.74) is 8.25. The summed E-state index contributed by atoms with van der Waals surface area (Å²) in [6.45, 7) is 2.17. The maximum atomic E-state index is 12.7. The molecule has 0 unspecified atom stereocenters. The van der Waals surface area contributed by atoms with Gasteiger partial charge >= 0.3 is 0 Å². The minimum Gasteiger partial charge on any atom is -0.322 e. The largest absolute Gasteiger partial charge is 0.322 e. The van der Waals surface area contributed by atoms with Gasteiger partial charge in [-0.3, -0.25) is 0 Å². The van der Waals surface area contributed by atoms with Gasteiger partial charge in [0.15, 0.2) is 0 Å². The van der Waals surface area contributed by atoms with E-state index in [1.54, 1.807) is 0 Å². The fourth-order valence-electron chi connectivity index (χ4n) is 3.20. The lowest BCUT2D eigenvalue weighted by Crippen LogP contribution is -2.37. The molecule has 2 aromatic rings. The van der Waals surface area contributed by atoms with E-state index in [9.17, 15) is 8.42 Å². The lowest BCUT2D eigenvalue weighted by atomic mass is 9.95. The summed E-state index contributed by atoms with van der Waals surface area (Å²) in [5.74, 6) is 0.143. The molecule has 0 heterocycles. The first-order chi connectivity index (χ1) is 13.0. The van der Waals surface area contributed by atoms with Gasteiger partial charge in [0.1, 0.15) is 0 Å². The summed E-state index contributed by atoms with van der Waals surface area (Å²) < 4.78 is 28.2. The predicted octanol–water partition coefficient (Wildman–Crippen LogP) is 4.71. The molecule has 2 aromatic carbocycles. The van der Waals surface area contributed by atoms with Crippen LogP contribution >= 0.6 is 0 Å². The van der Waals surface area contributed by atoms with Crippen molar-refractivity contribution in [3.8, 4) is 0 Å². The number of hydrogen-bond donors (Lipinski definition) is 2. The lowest BCUT2D eigenvalue weighted by Gasteiger charge is -2.26. The fraction of sp³-hybridized carbons (Fsp3) is 0.455. The molecule has 0 fully saturated rings. The van der Waals surface area contributed by atoms with Crippen molar-refractivity contribution in [3.63, 3.8) is 0 Å². The van der Waals surface area contributed by atoms with E-state index in [0.29, 0.717) is 6.42 Å². The normalized spacial score (nSPS) is 14.0. The number of benzene rings is 2. The van der Waals surface area contributed by atoms with Gasteiger partial charge in [0.25, 0.3) is 0 Å². The van der Waals surface area contributed by atoms with Gasteiger partial charge in [-0.25, -0.2) is 13.1 Å². The Labute approximate surface area is 164 Å². The highest BCUT2D eigenvalue weighted by Gasteiger charge is 2.26. The molecule has 3 N–H and O–H groups in total. The van der Waals surface area contributed by atoms with Gasteiger partial charge in [-0.2, -0.15) is 0 Å². The van der Waals surface area contributed by atoms with Gasteiger partial charge in [0.05, 0.1) is 17.8 Å². The van der Waals surface area contributed by atoms with E-state index < -0.39 is 22.1 Å². The molecule has 27 heavy (non-hydrogen) atoms. The average Bonchev–Trinajstić information content (AvgIpc) is 2.69. The minimum atomic E-state index is -3.40. The molecule has 0 aromatic heterocycles. The molecule has 0 amide bonds. The topological polar surface area (TPSA) is 72.2 Å². The van der Waals surface area contributed by atoms with Crippen LogP contribution in [0.5, 0.6) is 0 Å². The Hall–Kier alpha value is -1.69. The molecule has 0 saturated heterocycles. The molecular weight excluding hydrogens is 356 g/mol. The van der Waals surface area contributed by atoms with Crippen LogP contribution in [0.1, 0.15) is 68.7 Å². The maximum Gasteiger partial charge on any atom is 0.212 e. The van der Waals surface area contributed by atoms with Crippen LogP contribution in [0.3, 0.4) is 0 Å². The van der Waals surface area contributed by atoms with Crippen LogP contribution in [0, 0.1) is 0 Å². The predicted molar refractivity (Wildman–Crippen MR) is 113 cm³/mol. The lowest BCUT2D eigenvalue weighted by molar-refractivity contribution is 0.501. The summed E-state index contributed by atoms with van der Waals surface area (Å²) in [6.07, 6.45) is 6.30. The quantitative estimate of drug-likeness (QED) is 0.517. The van der Waals surface area contributed by atoms with Gasteiger partial charge in [0.2, 0.25) is 10.0 Å². The molecule has 0 aliphatic heterocycles. The van der Waals surface area contributed by atoms with E-state index in [1.165, 1.54) is 19.3 Å². The Morgan fingerprint density at radius 1 is 0.815 bits per heavy atom. The summed E-state index contributed by atoms with van der Waals surface area (Å²) in [7, 11) is -3.40. The SMILES string of the molecule is CCCCCCCCS(=O)(=O)N[C@@H](c1ccccc1)[C@@H](N)c1ccccc1. The summed E-state index contributed by atoms with van der Waals surface area (Å²) in [5, 5.41) is 0. The van der Waals surface area contributed by atoms with Crippen LogP contribution < -0.4 is 10.5 Å². The standard InChI is InChI=1S/C22H32N2O2S/c1-2-3-4-5-6-13-18-27(25,26)24-22(20-16-11-8-12-17-20)21(23)19-14-9-7-10-15-19/h7-12,14-17,21-22,24H,2-6,13,18,23H2,1H3/t21-,22-/m0/s1. The van der Waals surface area contributed by atoms with E-state index in [0.717, 1.165) is 24.0 Å². The monoisotopic (exact) mass is 388 g/mol. The van der Waals surface area contributed by atoms with Gasteiger partial charge in [-0.1, -0.05) is 99.7 Å². The Balaban J connectivity index is 2.05. The number of unbranched alkanes of at least 4 members (excludes halogenated alkanes) is 5.